The van der Waals surface area contributed by atoms with Gasteiger partial charge in [0.15, 0.2) is 17.5 Å². The van der Waals surface area contributed by atoms with Crippen molar-refractivity contribution in [2.75, 3.05) is 0 Å². The number of para-hydroxylation sites is 1. The molecule has 9 aromatic carbocycles. The molecule has 1 atom stereocenters. The van der Waals surface area contributed by atoms with Gasteiger partial charge in [0.1, 0.15) is 0 Å². The van der Waals surface area contributed by atoms with Crippen LogP contribution in [-0.2, 0) is 5.41 Å². The highest BCUT2D eigenvalue weighted by molar-refractivity contribution is 6.10. The summed E-state index contributed by atoms with van der Waals surface area (Å²) in [4.78, 5) is 15.2. The zero-order valence-electron chi connectivity index (χ0n) is 32.6. The Morgan fingerprint density at radius 3 is 1.52 bits per heavy atom. The average molecular weight is 765 g/mol. The highest BCUT2D eigenvalue weighted by Gasteiger charge is 2.46. The lowest BCUT2D eigenvalue weighted by atomic mass is 9.67. The molecule has 280 valence electrons. The summed E-state index contributed by atoms with van der Waals surface area (Å²) < 4.78 is 2.41. The van der Waals surface area contributed by atoms with Crippen molar-refractivity contribution < 1.29 is 0 Å². The van der Waals surface area contributed by atoms with Crippen LogP contribution in [0.15, 0.2) is 218 Å². The first kappa shape index (κ1) is 34.1. The molecule has 0 saturated carbocycles. The number of hydrogen-bond acceptors (Lipinski definition) is 3. The SMILES string of the molecule is c1ccc(-c2nc(-c3ccccc3)nc(-c3ccc4c5ccc(C6(c7ccccc7)c7ccccc7-c7cc8ccccc8cc76)cc5n(-c5ccccc5)c4c3)n2)cc1. The normalized spacial score (nSPS) is 14.4. The van der Waals surface area contributed by atoms with Crippen LogP contribution in [0.3, 0.4) is 0 Å². The van der Waals surface area contributed by atoms with Crippen molar-refractivity contribution in [3.8, 4) is 51.0 Å². The quantitative estimate of drug-likeness (QED) is 0.169. The molecule has 60 heavy (non-hydrogen) atoms. The van der Waals surface area contributed by atoms with Gasteiger partial charge in [-0.1, -0.05) is 182 Å². The summed E-state index contributed by atoms with van der Waals surface area (Å²) in [7, 11) is 0. The molecule has 0 amide bonds. The van der Waals surface area contributed by atoms with Gasteiger partial charge in [-0.25, -0.2) is 15.0 Å². The fourth-order valence-corrected chi connectivity index (χ4v) is 9.62. The van der Waals surface area contributed by atoms with Gasteiger partial charge in [0, 0.05) is 33.2 Å². The smallest absolute Gasteiger partial charge is 0.164 e. The second-order valence-corrected chi connectivity index (χ2v) is 15.6. The molecular weight excluding hydrogens is 729 g/mol. The molecule has 0 saturated heterocycles. The molecule has 4 heteroatoms. The Bertz CT molecular complexity index is 3360. The number of hydrogen-bond donors (Lipinski definition) is 0. The lowest BCUT2D eigenvalue weighted by Gasteiger charge is -2.34. The lowest BCUT2D eigenvalue weighted by molar-refractivity contribution is 0.770. The van der Waals surface area contributed by atoms with E-state index in [1.165, 1.54) is 49.5 Å². The average Bonchev–Trinajstić information content (AvgIpc) is 3.81. The molecule has 2 heterocycles. The van der Waals surface area contributed by atoms with E-state index in [0.29, 0.717) is 17.5 Å². The molecule has 1 aliphatic rings. The fraction of sp³-hybridized carbons (Fsp3) is 0.0179. The van der Waals surface area contributed by atoms with Gasteiger partial charge >= 0.3 is 0 Å². The summed E-state index contributed by atoms with van der Waals surface area (Å²) in [6.45, 7) is 0. The summed E-state index contributed by atoms with van der Waals surface area (Å²) in [5.41, 5.74) is 13.2. The van der Waals surface area contributed by atoms with Crippen LogP contribution in [0.1, 0.15) is 22.3 Å². The van der Waals surface area contributed by atoms with E-state index >= 15 is 0 Å². The van der Waals surface area contributed by atoms with Crippen LogP contribution in [0.4, 0.5) is 0 Å². The minimum absolute atomic E-state index is 0.554. The van der Waals surface area contributed by atoms with Crippen LogP contribution in [-0.4, -0.2) is 19.5 Å². The van der Waals surface area contributed by atoms with Gasteiger partial charge in [-0.15, -0.1) is 0 Å². The predicted molar refractivity (Wildman–Crippen MR) is 245 cm³/mol. The molecule has 0 bridgehead atoms. The Labute approximate surface area is 347 Å². The van der Waals surface area contributed by atoms with E-state index in [2.05, 4.69) is 162 Å². The standard InChI is InChI=1S/C56H36N4/c1-5-17-37(18-6-1)53-57-54(38-19-7-2-8-20-38)59-55(58-53)41-29-31-46-47-32-30-43(36-52(47)60(51(46)35-41)44-25-11-4-12-26-44)56(42-23-9-3-10-24-42)49-28-16-15-27-45(49)48-33-39-21-13-14-22-40(39)34-50(48)56/h1-36H. The van der Waals surface area contributed by atoms with Gasteiger partial charge in [-0.2, -0.15) is 0 Å². The molecule has 0 aliphatic heterocycles. The minimum atomic E-state index is -0.554. The van der Waals surface area contributed by atoms with Crippen LogP contribution >= 0.6 is 0 Å². The zero-order chi connectivity index (χ0) is 39.6. The second-order valence-electron chi connectivity index (χ2n) is 15.6. The highest BCUT2D eigenvalue weighted by Crippen LogP contribution is 2.57. The summed E-state index contributed by atoms with van der Waals surface area (Å²) >= 11 is 0. The predicted octanol–water partition coefficient (Wildman–Crippen LogP) is 13.5. The Morgan fingerprint density at radius 1 is 0.333 bits per heavy atom. The Hall–Kier alpha value is -7.95. The number of aromatic nitrogens is 4. The van der Waals surface area contributed by atoms with Gasteiger partial charge in [0.25, 0.3) is 0 Å². The van der Waals surface area contributed by atoms with Crippen LogP contribution in [0.2, 0.25) is 0 Å². The van der Waals surface area contributed by atoms with Gasteiger partial charge in [0.2, 0.25) is 0 Å². The Morgan fingerprint density at radius 2 is 0.850 bits per heavy atom. The molecule has 1 unspecified atom stereocenters. The molecule has 4 nitrogen and oxygen atoms in total. The van der Waals surface area contributed by atoms with E-state index in [0.717, 1.165) is 38.8 Å². The van der Waals surface area contributed by atoms with Crippen molar-refractivity contribution in [3.63, 3.8) is 0 Å². The van der Waals surface area contributed by atoms with Gasteiger partial charge < -0.3 is 4.57 Å². The summed E-state index contributed by atoms with van der Waals surface area (Å²) in [6.07, 6.45) is 0. The van der Waals surface area contributed by atoms with Crippen LogP contribution in [0.25, 0.3) is 83.6 Å². The molecule has 0 spiro atoms. The maximum atomic E-state index is 5.10. The fourth-order valence-electron chi connectivity index (χ4n) is 9.62. The van der Waals surface area contributed by atoms with Crippen molar-refractivity contribution in [1.29, 1.82) is 0 Å². The number of nitrogens with zero attached hydrogens (tertiary/aromatic N) is 4. The monoisotopic (exact) mass is 764 g/mol. The third-order valence-corrected chi connectivity index (χ3v) is 12.3. The number of benzene rings is 9. The molecule has 0 radical (unpaired) electrons. The largest absolute Gasteiger partial charge is 0.309 e. The zero-order valence-corrected chi connectivity index (χ0v) is 32.6. The molecule has 0 N–H and O–H groups in total. The van der Waals surface area contributed by atoms with Gasteiger partial charge in [-0.05, 0) is 80.6 Å². The first-order chi connectivity index (χ1) is 29.7. The Balaban J connectivity index is 1.13. The van der Waals surface area contributed by atoms with Gasteiger partial charge in [0.05, 0.1) is 16.4 Å². The van der Waals surface area contributed by atoms with Crippen molar-refractivity contribution in [1.82, 2.24) is 19.5 Å². The first-order valence-electron chi connectivity index (χ1n) is 20.4. The van der Waals surface area contributed by atoms with E-state index in [1.807, 2.05) is 60.7 Å². The minimum Gasteiger partial charge on any atom is -0.309 e. The maximum Gasteiger partial charge on any atom is 0.164 e. The topological polar surface area (TPSA) is 43.6 Å². The summed E-state index contributed by atoms with van der Waals surface area (Å²) in [6, 6.07) is 78.4. The lowest BCUT2D eigenvalue weighted by Crippen LogP contribution is -2.28. The van der Waals surface area contributed by atoms with E-state index in [-0.39, 0.29) is 0 Å². The van der Waals surface area contributed by atoms with E-state index in [1.54, 1.807) is 0 Å². The van der Waals surface area contributed by atoms with Crippen LogP contribution in [0, 0.1) is 0 Å². The van der Waals surface area contributed by atoms with Crippen molar-refractivity contribution in [2.45, 2.75) is 5.41 Å². The van der Waals surface area contributed by atoms with Crippen molar-refractivity contribution in [3.05, 3.63) is 241 Å². The molecule has 11 aromatic rings. The molecule has 0 fully saturated rings. The van der Waals surface area contributed by atoms with Crippen LogP contribution in [0.5, 0.6) is 0 Å². The second kappa shape index (κ2) is 13.6. The van der Waals surface area contributed by atoms with Crippen LogP contribution < -0.4 is 0 Å². The van der Waals surface area contributed by atoms with Crippen molar-refractivity contribution >= 4 is 32.6 Å². The molecule has 2 aromatic heterocycles. The van der Waals surface area contributed by atoms with E-state index in [9.17, 15) is 0 Å². The first-order valence-corrected chi connectivity index (χ1v) is 20.4. The number of rotatable bonds is 6. The maximum absolute atomic E-state index is 5.10. The highest BCUT2D eigenvalue weighted by atomic mass is 15.0. The van der Waals surface area contributed by atoms with Gasteiger partial charge in [-0.3, -0.25) is 0 Å². The third kappa shape index (κ3) is 5.21. The third-order valence-electron chi connectivity index (χ3n) is 12.3. The Kier molecular flexibility index (Phi) is 7.72. The number of fused-ring (bicyclic) bond motifs is 7. The van der Waals surface area contributed by atoms with Crippen molar-refractivity contribution in [2.24, 2.45) is 0 Å². The summed E-state index contributed by atoms with van der Waals surface area (Å²) in [5.74, 6) is 1.91. The molecule has 1 aliphatic carbocycles. The molecular formula is C56H36N4. The van der Waals surface area contributed by atoms with E-state index in [4.69, 9.17) is 15.0 Å². The summed E-state index contributed by atoms with van der Waals surface area (Å²) in [5, 5.41) is 4.83. The molecule has 12 rings (SSSR count). The van der Waals surface area contributed by atoms with E-state index < -0.39 is 5.41 Å².